The fraction of sp³-hybridized carbons (Fsp3) is 0.571. The van der Waals surface area contributed by atoms with Crippen LogP contribution in [-0.4, -0.2) is 116 Å². The van der Waals surface area contributed by atoms with Gasteiger partial charge in [0.15, 0.2) is 0 Å². The van der Waals surface area contributed by atoms with E-state index < -0.39 is 36.5 Å². The Kier molecular flexibility index (Phi) is 11.6. The zero-order valence-corrected chi connectivity index (χ0v) is 28.3. The second-order valence-electron chi connectivity index (χ2n) is 13.2. The lowest BCUT2D eigenvalue weighted by Crippen LogP contribution is -2.40. The lowest BCUT2D eigenvalue weighted by Gasteiger charge is -2.33. The first-order chi connectivity index (χ1) is 23.6. The largest absolute Gasteiger partial charge is 0.417 e. The van der Waals surface area contributed by atoms with Gasteiger partial charge in [0.1, 0.15) is 12.8 Å². The van der Waals surface area contributed by atoms with Crippen molar-refractivity contribution in [2.45, 2.75) is 74.5 Å². The number of benzene rings is 1. The molecule has 0 aliphatic carbocycles. The van der Waals surface area contributed by atoms with Crippen molar-refractivity contribution < 1.29 is 32.6 Å². The fourth-order valence-corrected chi connectivity index (χ4v) is 8.32. The van der Waals surface area contributed by atoms with Gasteiger partial charge in [-0.25, -0.2) is 4.39 Å². The average molecular weight is 705 g/mol. The van der Waals surface area contributed by atoms with Crippen molar-refractivity contribution in [2.24, 2.45) is 0 Å². The second kappa shape index (κ2) is 15.9. The molecule has 0 radical (unpaired) electrons. The van der Waals surface area contributed by atoms with Gasteiger partial charge in [-0.1, -0.05) is 12.1 Å². The maximum Gasteiger partial charge on any atom is 0.417 e. The molecule has 6 rings (SSSR count). The van der Waals surface area contributed by atoms with Crippen LogP contribution in [0, 0.1) is 0 Å². The van der Waals surface area contributed by atoms with Gasteiger partial charge < -0.3 is 24.9 Å². The molecule has 2 N–H and O–H groups in total. The zero-order chi connectivity index (χ0) is 34.5. The van der Waals surface area contributed by atoms with Gasteiger partial charge >= 0.3 is 6.18 Å². The molecular formula is C35H44F4N6O3S. The molecule has 0 bridgehead atoms. The minimum absolute atomic E-state index is 0.0851. The van der Waals surface area contributed by atoms with E-state index in [1.807, 2.05) is 18.3 Å². The van der Waals surface area contributed by atoms with Crippen LogP contribution in [0.5, 0.6) is 0 Å². The summed E-state index contributed by atoms with van der Waals surface area (Å²) in [7, 11) is 0. The molecule has 14 heteroatoms. The summed E-state index contributed by atoms with van der Waals surface area (Å²) in [5, 5.41) is 25.6. The maximum absolute atomic E-state index is 14.1. The van der Waals surface area contributed by atoms with Gasteiger partial charge in [0.2, 0.25) is 5.91 Å². The van der Waals surface area contributed by atoms with Crippen LogP contribution in [0.15, 0.2) is 47.5 Å². The van der Waals surface area contributed by atoms with Crippen LogP contribution >= 0.6 is 11.8 Å². The second-order valence-corrected chi connectivity index (χ2v) is 14.4. The van der Waals surface area contributed by atoms with E-state index in [0.717, 1.165) is 55.1 Å². The number of amides is 1. The van der Waals surface area contributed by atoms with E-state index in [-0.39, 0.29) is 18.0 Å². The molecule has 1 atom stereocenters. The molecule has 3 aliphatic rings. The first-order valence-corrected chi connectivity index (χ1v) is 18.1. The van der Waals surface area contributed by atoms with Gasteiger partial charge in [0.05, 0.1) is 23.9 Å². The Hall–Kier alpha value is -3.04. The van der Waals surface area contributed by atoms with E-state index in [1.54, 1.807) is 4.68 Å². The van der Waals surface area contributed by atoms with Crippen molar-refractivity contribution in [3.8, 4) is 11.3 Å². The first-order valence-electron chi connectivity index (χ1n) is 17.1. The third-order valence-electron chi connectivity index (χ3n) is 9.91. The molecule has 5 heterocycles. The number of rotatable bonds is 11. The molecule has 1 amide bonds. The number of aliphatic hydroxyl groups is 2. The highest BCUT2D eigenvalue weighted by molar-refractivity contribution is 7.99. The highest BCUT2D eigenvalue weighted by Gasteiger charge is 2.35. The molecule has 2 aromatic heterocycles. The molecule has 3 aliphatic heterocycles. The van der Waals surface area contributed by atoms with E-state index in [0.29, 0.717) is 80.5 Å². The quantitative estimate of drug-likeness (QED) is 0.221. The minimum Gasteiger partial charge on any atom is -0.390 e. The first kappa shape index (κ1) is 35.8. The lowest BCUT2D eigenvalue weighted by atomic mass is 9.93. The van der Waals surface area contributed by atoms with Crippen LogP contribution in [-0.2, 0) is 30.5 Å². The smallest absolute Gasteiger partial charge is 0.390 e. The molecular weight excluding hydrogens is 660 g/mol. The summed E-state index contributed by atoms with van der Waals surface area (Å²) in [6.45, 7) is 3.95. The fourth-order valence-electron chi connectivity index (χ4n) is 7.20. The molecule has 49 heavy (non-hydrogen) atoms. The predicted octanol–water partition coefficient (Wildman–Crippen LogP) is 4.61. The van der Waals surface area contributed by atoms with Gasteiger partial charge in [-0.15, -0.1) is 11.8 Å². The van der Waals surface area contributed by atoms with Crippen molar-refractivity contribution >= 4 is 17.7 Å². The highest BCUT2D eigenvalue weighted by Crippen LogP contribution is 2.40. The molecule has 1 aromatic carbocycles. The number of thioether (sulfide) groups is 1. The number of pyridine rings is 1. The Labute approximate surface area is 288 Å². The number of alkyl halides is 4. The van der Waals surface area contributed by atoms with E-state index in [1.165, 1.54) is 17.0 Å². The number of nitrogens with zero attached hydrogens (tertiary/aromatic N) is 6. The van der Waals surface area contributed by atoms with Crippen molar-refractivity contribution in [2.75, 3.05) is 58.2 Å². The molecule has 2 fully saturated rings. The van der Waals surface area contributed by atoms with E-state index in [4.69, 9.17) is 5.10 Å². The number of β-amino-alcohol motifs (C(OH)–C–C–N with tert-alkyl or cyclic N) is 1. The molecule has 2 saturated heterocycles. The van der Waals surface area contributed by atoms with Crippen LogP contribution in [0.1, 0.15) is 54.1 Å². The van der Waals surface area contributed by atoms with Crippen molar-refractivity contribution in [1.82, 2.24) is 29.5 Å². The maximum atomic E-state index is 14.1. The van der Waals surface area contributed by atoms with Gasteiger partial charge in [0.25, 0.3) is 0 Å². The van der Waals surface area contributed by atoms with E-state index >= 15 is 0 Å². The number of likely N-dealkylation sites (tertiary alicyclic amines) is 2. The monoisotopic (exact) mass is 704 g/mol. The Morgan fingerprint density at radius 3 is 2.45 bits per heavy atom. The lowest BCUT2D eigenvalue weighted by molar-refractivity contribution is -0.139. The number of aliphatic hydroxyl groups excluding tert-OH is 2. The number of halogens is 4. The Morgan fingerprint density at radius 2 is 1.76 bits per heavy atom. The molecule has 0 spiro atoms. The Bertz CT molecular complexity index is 1560. The van der Waals surface area contributed by atoms with Gasteiger partial charge in [0, 0.05) is 91.0 Å². The predicted molar refractivity (Wildman–Crippen MR) is 179 cm³/mol. The molecule has 0 saturated carbocycles. The normalized spacial score (nSPS) is 19.3. The van der Waals surface area contributed by atoms with Gasteiger partial charge in [-0.3, -0.25) is 14.5 Å². The molecule has 1 unspecified atom stereocenters. The third kappa shape index (κ3) is 8.83. The summed E-state index contributed by atoms with van der Waals surface area (Å²) < 4.78 is 57.7. The standard InChI is InChI=1S/C35H44F4N6O3S/c36-26-8-14-42(15-9-26)17-18-49-32-19-25(4-5-29(32)35(37,38)39)34-28-22-44(33(48)23-46)16-10-31(28)45(41-34)21-27(47)20-43-12-6-24(7-13-43)30-3-1-2-11-40-30/h1-5,11,19,24,26-27,46-47H,6-10,12-18,20-23H2. The number of carbonyl (C=O) groups is 1. The minimum atomic E-state index is -4.55. The van der Waals surface area contributed by atoms with E-state index in [9.17, 15) is 32.6 Å². The van der Waals surface area contributed by atoms with Crippen LogP contribution in [0.4, 0.5) is 17.6 Å². The number of carbonyl (C=O) groups excluding carboxylic acids is 1. The molecule has 3 aromatic rings. The summed E-state index contributed by atoms with van der Waals surface area (Å²) in [5.41, 5.74) is 2.87. The molecule has 266 valence electrons. The van der Waals surface area contributed by atoms with Gasteiger partial charge in [-0.05, 0) is 63.0 Å². The number of fused-ring (bicyclic) bond motifs is 1. The summed E-state index contributed by atoms with van der Waals surface area (Å²) in [6, 6.07) is 9.99. The van der Waals surface area contributed by atoms with Crippen LogP contribution in [0.25, 0.3) is 11.3 Å². The number of piperidine rings is 2. The average Bonchev–Trinajstić information content (AvgIpc) is 3.46. The summed E-state index contributed by atoms with van der Waals surface area (Å²) in [5.74, 6) is 0.375. The topological polar surface area (TPSA) is 98.0 Å². The Morgan fingerprint density at radius 1 is 1.00 bits per heavy atom. The number of hydrogen-bond acceptors (Lipinski definition) is 8. The number of hydrogen-bond donors (Lipinski definition) is 2. The van der Waals surface area contributed by atoms with Gasteiger partial charge in [-0.2, -0.15) is 18.3 Å². The third-order valence-corrected chi connectivity index (χ3v) is 10.9. The van der Waals surface area contributed by atoms with Crippen molar-refractivity contribution in [3.05, 3.63) is 65.1 Å². The van der Waals surface area contributed by atoms with Crippen LogP contribution in [0.2, 0.25) is 0 Å². The SMILES string of the molecule is O=C(CO)N1CCc2c(c(-c3ccc(C(F)(F)F)c(SCCN4CCC(F)CC4)c3)nn2CC(O)CN2CCC(c3ccccn3)CC2)C1. The summed E-state index contributed by atoms with van der Waals surface area (Å²) >= 11 is 1.12. The van der Waals surface area contributed by atoms with Crippen LogP contribution < -0.4 is 0 Å². The van der Waals surface area contributed by atoms with E-state index in [2.05, 4.69) is 20.9 Å². The summed E-state index contributed by atoms with van der Waals surface area (Å²) in [6.07, 6.45) is -1.07. The number of aromatic nitrogens is 3. The van der Waals surface area contributed by atoms with Crippen LogP contribution in [0.3, 0.4) is 0 Å². The Balaban J connectivity index is 1.20. The highest BCUT2D eigenvalue weighted by atomic mass is 32.2. The summed E-state index contributed by atoms with van der Waals surface area (Å²) in [4.78, 5) is 22.9. The zero-order valence-electron chi connectivity index (χ0n) is 27.5. The van der Waals surface area contributed by atoms with Crippen molar-refractivity contribution in [3.63, 3.8) is 0 Å². The molecule has 9 nitrogen and oxygen atoms in total. The van der Waals surface area contributed by atoms with Crippen molar-refractivity contribution in [1.29, 1.82) is 0 Å².